The summed E-state index contributed by atoms with van der Waals surface area (Å²) < 4.78 is 5.13. The van der Waals surface area contributed by atoms with E-state index >= 15 is 0 Å². The van der Waals surface area contributed by atoms with Gasteiger partial charge in [0.25, 0.3) is 5.91 Å². The number of aromatic amines is 1. The first-order valence-electron chi connectivity index (χ1n) is 5.95. The minimum absolute atomic E-state index is 0.0278. The van der Waals surface area contributed by atoms with E-state index in [4.69, 9.17) is 10.5 Å². The number of hydrogen-bond acceptors (Lipinski definition) is 4. The smallest absolute Gasteiger partial charge is 0.261 e. The van der Waals surface area contributed by atoms with Crippen LogP contribution < -0.4 is 21.2 Å². The van der Waals surface area contributed by atoms with Crippen molar-refractivity contribution in [1.82, 2.24) is 4.98 Å². The van der Waals surface area contributed by atoms with Gasteiger partial charge in [-0.25, -0.2) is 0 Å². The molecular formula is C14H15N3O3. The molecule has 4 N–H and O–H groups in total. The molecule has 2 rings (SSSR count). The average molecular weight is 273 g/mol. The van der Waals surface area contributed by atoms with Gasteiger partial charge in [0.15, 0.2) is 5.43 Å². The summed E-state index contributed by atoms with van der Waals surface area (Å²) in [6.45, 7) is 1.74. The molecule has 0 unspecified atom stereocenters. The molecule has 6 heteroatoms. The van der Waals surface area contributed by atoms with E-state index in [1.165, 1.54) is 19.4 Å². The van der Waals surface area contributed by atoms with Crippen molar-refractivity contribution in [2.75, 3.05) is 18.2 Å². The first-order valence-corrected chi connectivity index (χ1v) is 5.95. The first-order chi connectivity index (χ1) is 9.51. The van der Waals surface area contributed by atoms with Crippen molar-refractivity contribution in [2.24, 2.45) is 0 Å². The number of ether oxygens (including phenoxy) is 1. The summed E-state index contributed by atoms with van der Waals surface area (Å²) in [6, 6.07) is 6.24. The molecule has 0 saturated carbocycles. The number of nitrogens with one attached hydrogen (secondary N) is 2. The average Bonchev–Trinajstić information content (AvgIpc) is 2.38. The second kappa shape index (κ2) is 5.48. The van der Waals surface area contributed by atoms with Crippen LogP contribution in [0.25, 0.3) is 0 Å². The number of nitrogen functional groups attached to an aromatic ring is 1. The second-order valence-corrected chi connectivity index (χ2v) is 4.31. The largest absolute Gasteiger partial charge is 0.495 e. The van der Waals surface area contributed by atoms with Gasteiger partial charge in [0.2, 0.25) is 0 Å². The highest BCUT2D eigenvalue weighted by molar-refractivity contribution is 6.05. The predicted octanol–water partition coefficient (Wildman–Crippen LogP) is 1.53. The number of amides is 1. The monoisotopic (exact) mass is 273 g/mol. The Labute approximate surface area is 115 Å². The molecular weight excluding hydrogens is 258 g/mol. The number of nitrogens with two attached hydrogens (primary N) is 1. The standard InChI is InChI=1S/C14H15N3O3/c1-8-5-12(18)10(7-16-8)14(19)17-11-6-9(15)3-4-13(11)20-2/h3-7H,15H2,1-2H3,(H,16,18)(H,17,19). The van der Waals surface area contributed by atoms with Crippen LogP contribution in [0.2, 0.25) is 0 Å². The number of benzene rings is 1. The normalized spacial score (nSPS) is 10.1. The Kier molecular flexibility index (Phi) is 3.74. The number of hydrogen-bond donors (Lipinski definition) is 3. The zero-order chi connectivity index (χ0) is 14.7. The van der Waals surface area contributed by atoms with Crippen LogP contribution >= 0.6 is 0 Å². The van der Waals surface area contributed by atoms with E-state index in [-0.39, 0.29) is 11.0 Å². The van der Waals surface area contributed by atoms with Gasteiger partial charge in [-0.15, -0.1) is 0 Å². The summed E-state index contributed by atoms with van der Waals surface area (Å²) in [6.07, 6.45) is 1.38. The molecule has 0 fully saturated rings. The van der Waals surface area contributed by atoms with E-state index in [9.17, 15) is 9.59 Å². The van der Waals surface area contributed by atoms with E-state index in [0.29, 0.717) is 22.8 Å². The highest BCUT2D eigenvalue weighted by atomic mass is 16.5. The summed E-state index contributed by atoms with van der Waals surface area (Å²) in [5.74, 6) is -0.0498. The Balaban J connectivity index is 2.32. The Morgan fingerprint density at radius 3 is 2.75 bits per heavy atom. The molecule has 1 aromatic carbocycles. The maximum absolute atomic E-state index is 12.1. The van der Waals surface area contributed by atoms with Crippen molar-refractivity contribution >= 4 is 17.3 Å². The van der Waals surface area contributed by atoms with Gasteiger partial charge < -0.3 is 20.8 Å². The predicted molar refractivity (Wildman–Crippen MR) is 77.2 cm³/mol. The van der Waals surface area contributed by atoms with Gasteiger partial charge in [0, 0.05) is 23.6 Å². The van der Waals surface area contributed by atoms with Crippen molar-refractivity contribution in [3.05, 3.63) is 51.9 Å². The van der Waals surface area contributed by atoms with Crippen molar-refractivity contribution in [3.8, 4) is 5.75 Å². The van der Waals surface area contributed by atoms with Gasteiger partial charge in [-0.2, -0.15) is 0 Å². The lowest BCUT2D eigenvalue weighted by Crippen LogP contribution is -2.21. The maximum Gasteiger partial charge on any atom is 0.261 e. The molecule has 104 valence electrons. The first kappa shape index (κ1) is 13.7. The Morgan fingerprint density at radius 2 is 2.10 bits per heavy atom. The number of methoxy groups -OCH3 is 1. The van der Waals surface area contributed by atoms with Gasteiger partial charge in [0.1, 0.15) is 11.3 Å². The number of aromatic nitrogens is 1. The van der Waals surface area contributed by atoms with Crippen LogP contribution in [-0.2, 0) is 0 Å². The molecule has 0 radical (unpaired) electrons. The molecule has 0 aliphatic rings. The highest BCUT2D eigenvalue weighted by Gasteiger charge is 2.13. The third-order valence-electron chi connectivity index (χ3n) is 2.77. The number of carbonyl (C=O) groups excluding carboxylic acids is 1. The molecule has 0 aliphatic heterocycles. The Morgan fingerprint density at radius 1 is 1.35 bits per heavy atom. The summed E-state index contributed by atoms with van der Waals surface area (Å²) in [5.41, 5.74) is 6.94. The van der Waals surface area contributed by atoms with Gasteiger partial charge in [-0.3, -0.25) is 9.59 Å². The number of anilines is 2. The molecule has 1 heterocycles. The third-order valence-corrected chi connectivity index (χ3v) is 2.77. The molecule has 1 aromatic heterocycles. The Hall–Kier alpha value is -2.76. The molecule has 0 atom stereocenters. The number of H-pyrrole nitrogens is 1. The fourth-order valence-electron chi connectivity index (χ4n) is 1.76. The van der Waals surface area contributed by atoms with Crippen LogP contribution in [0.1, 0.15) is 16.1 Å². The second-order valence-electron chi connectivity index (χ2n) is 4.31. The van der Waals surface area contributed by atoms with Gasteiger partial charge >= 0.3 is 0 Å². The minimum atomic E-state index is -0.518. The molecule has 0 saturated heterocycles. The quantitative estimate of drug-likeness (QED) is 0.739. The van der Waals surface area contributed by atoms with E-state index in [1.807, 2.05) is 0 Å². The molecule has 20 heavy (non-hydrogen) atoms. The van der Waals surface area contributed by atoms with E-state index < -0.39 is 5.91 Å². The fraction of sp³-hybridized carbons (Fsp3) is 0.143. The maximum atomic E-state index is 12.1. The number of rotatable bonds is 3. The number of aryl methyl sites for hydroxylation is 1. The van der Waals surface area contributed by atoms with E-state index in [0.717, 1.165) is 0 Å². The summed E-state index contributed by atoms with van der Waals surface area (Å²) >= 11 is 0. The van der Waals surface area contributed by atoms with Gasteiger partial charge in [-0.1, -0.05) is 0 Å². The van der Waals surface area contributed by atoms with E-state index in [2.05, 4.69) is 10.3 Å². The molecule has 2 aromatic rings. The van der Waals surface area contributed by atoms with Crippen molar-refractivity contribution in [3.63, 3.8) is 0 Å². The van der Waals surface area contributed by atoms with Crippen molar-refractivity contribution in [2.45, 2.75) is 6.92 Å². The van der Waals surface area contributed by atoms with Crippen molar-refractivity contribution in [1.29, 1.82) is 0 Å². The molecule has 1 amide bonds. The summed E-state index contributed by atoms with van der Waals surface area (Å²) in [5, 5.41) is 2.61. The van der Waals surface area contributed by atoms with Crippen molar-refractivity contribution < 1.29 is 9.53 Å². The minimum Gasteiger partial charge on any atom is -0.495 e. The fourth-order valence-corrected chi connectivity index (χ4v) is 1.76. The molecule has 6 nitrogen and oxygen atoms in total. The lowest BCUT2D eigenvalue weighted by Gasteiger charge is -2.10. The Bertz CT molecular complexity index is 707. The van der Waals surface area contributed by atoms with Gasteiger partial charge in [0.05, 0.1) is 12.8 Å². The van der Waals surface area contributed by atoms with Crippen LogP contribution in [0.4, 0.5) is 11.4 Å². The molecule has 0 aliphatic carbocycles. The topological polar surface area (TPSA) is 97.2 Å². The number of pyridine rings is 1. The number of carbonyl (C=O) groups is 1. The highest BCUT2D eigenvalue weighted by Crippen LogP contribution is 2.26. The van der Waals surface area contributed by atoms with Crippen LogP contribution in [-0.4, -0.2) is 18.0 Å². The van der Waals surface area contributed by atoms with Crippen LogP contribution in [0.5, 0.6) is 5.75 Å². The van der Waals surface area contributed by atoms with Crippen LogP contribution in [0.3, 0.4) is 0 Å². The zero-order valence-corrected chi connectivity index (χ0v) is 11.2. The molecule has 0 spiro atoms. The third kappa shape index (κ3) is 2.80. The summed E-state index contributed by atoms with van der Waals surface area (Å²) in [7, 11) is 1.49. The lowest BCUT2D eigenvalue weighted by atomic mass is 10.2. The summed E-state index contributed by atoms with van der Waals surface area (Å²) in [4.78, 5) is 26.7. The van der Waals surface area contributed by atoms with Gasteiger partial charge in [-0.05, 0) is 25.1 Å². The zero-order valence-electron chi connectivity index (χ0n) is 11.2. The molecule has 0 bridgehead atoms. The van der Waals surface area contributed by atoms with Crippen LogP contribution in [0, 0.1) is 6.92 Å². The van der Waals surface area contributed by atoms with Crippen LogP contribution in [0.15, 0.2) is 35.3 Å². The SMILES string of the molecule is COc1ccc(N)cc1NC(=O)c1c[nH]c(C)cc1=O. The lowest BCUT2D eigenvalue weighted by molar-refractivity contribution is 0.102. The van der Waals surface area contributed by atoms with E-state index in [1.54, 1.807) is 25.1 Å².